The van der Waals surface area contributed by atoms with Gasteiger partial charge in [0.25, 0.3) is 0 Å². The second-order valence-corrected chi connectivity index (χ2v) is 16.7. The molecule has 5 heteroatoms. The number of hydrogen-bond acceptors (Lipinski definition) is 4. The maximum atomic E-state index is 6.35. The minimum absolute atomic E-state index is 0.359. The highest BCUT2D eigenvalue weighted by atomic mass is 127. The first-order chi connectivity index (χ1) is 21.3. The molecule has 0 spiro atoms. The number of pyridine rings is 2. The Balaban J connectivity index is 0.000000178. The van der Waals surface area contributed by atoms with E-state index in [0.29, 0.717) is 23.0 Å². The van der Waals surface area contributed by atoms with Crippen molar-refractivity contribution in [2.24, 2.45) is 22.7 Å². The molecule has 2 heterocycles. The van der Waals surface area contributed by atoms with Crippen LogP contribution in [0.5, 0.6) is 11.5 Å². The quantitative estimate of drug-likeness (QED) is 0.197. The van der Waals surface area contributed by atoms with Crippen molar-refractivity contribution in [1.29, 1.82) is 0 Å². The summed E-state index contributed by atoms with van der Waals surface area (Å²) in [7, 11) is 0. The first-order valence-electron chi connectivity index (χ1n) is 17.0. The third-order valence-corrected chi connectivity index (χ3v) is 11.2. The summed E-state index contributed by atoms with van der Waals surface area (Å²) in [6, 6.07) is 18.8. The van der Waals surface area contributed by atoms with Crippen LogP contribution in [0.4, 0.5) is 0 Å². The fourth-order valence-corrected chi connectivity index (χ4v) is 7.85. The van der Waals surface area contributed by atoms with Crippen molar-refractivity contribution >= 4 is 44.4 Å². The Morgan fingerprint density at radius 2 is 1.11 bits per heavy atom. The fraction of sp³-hybridized carbons (Fsp3) is 0.550. The number of benzene rings is 2. The van der Waals surface area contributed by atoms with Crippen molar-refractivity contribution in [1.82, 2.24) is 9.97 Å². The van der Waals surface area contributed by atoms with Gasteiger partial charge in [-0.3, -0.25) is 9.97 Å². The van der Waals surface area contributed by atoms with Crippen molar-refractivity contribution in [3.63, 3.8) is 0 Å². The monoisotopic (exact) mass is 720 g/mol. The zero-order valence-corrected chi connectivity index (χ0v) is 30.9. The van der Waals surface area contributed by atoms with E-state index in [1.54, 1.807) is 0 Å². The number of fused-ring (bicyclic) bond motifs is 2. The summed E-state index contributed by atoms with van der Waals surface area (Å²) in [4.78, 5) is 9.15. The van der Waals surface area contributed by atoms with E-state index in [2.05, 4.69) is 129 Å². The molecule has 2 aliphatic carbocycles. The van der Waals surface area contributed by atoms with Crippen LogP contribution >= 0.6 is 22.6 Å². The molecule has 0 N–H and O–H groups in total. The third-order valence-electron chi connectivity index (χ3n) is 10.1. The lowest BCUT2D eigenvalue weighted by Gasteiger charge is -2.37. The third kappa shape index (κ3) is 8.90. The maximum Gasteiger partial charge on any atom is 0.133 e. The van der Waals surface area contributed by atoms with Crippen molar-refractivity contribution in [3.8, 4) is 11.5 Å². The van der Waals surface area contributed by atoms with Gasteiger partial charge in [0, 0.05) is 22.2 Å². The summed E-state index contributed by atoms with van der Waals surface area (Å²) in [6.45, 7) is 18.2. The molecule has 0 radical (unpaired) electrons. The number of nitrogens with zero attached hydrogens (tertiary/aromatic N) is 2. The molecule has 4 nitrogen and oxygen atoms in total. The minimum Gasteiger partial charge on any atom is -0.490 e. The summed E-state index contributed by atoms with van der Waals surface area (Å²) in [5, 5.41) is 2.35. The number of rotatable bonds is 4. The molecule has 0 unspecified atom stereocenters. The number of halogens is 1. The van der Waals surface area contributed by atoms with Crippen LogP contribution in [-0.4, -0.2) is 22.2 Å². The molecule has 0 aliphatic heterocycles. The second-order valence-electron chi connectivity index (χ2n) is 15.6. The number of aromatic nitrogens is 2. The van der Waals surface area contributed by atoms with Gasteiger partial charge in [-0.1, -0.05) is 47.6 Å². The maximum absolute atomic E-state index is 6.35. The molecule has 0 amide bonds. The van der Waals surface area contributed by atoms with Gasteiger partial charge in [-0.25, -0.2) is 0 Å². The molecule has 2 saturated carbocycles. The highest BCUT2D eigenvalue weighted by Gasteiger charge is 2.31. The average Bonchev–Trinajstić information content (AvgIpc) is 2.99. The standard InChI is InChI=1S/C20H26INO.C20H27NO/c1-13-5-10-16-17(22-13)11-12-18(19(16)21)23-15-8-6-14(7-9-15)20(2,3)4;1-14-5-6-15-13-18(11-12-19(15)21-14)22-17-9-7-16(8-10-17)20(2,3)4/h5,10-12,14-15H,6-9H2,1-4H3;5-6,11-13,16-17H,7-10H2,1-4H3. The van der Waals surface area contributed by atoms with Gasteiger partial charge in [-0.05, 0) is 159 Å². The van der Waals surface area contributed by atoms with Gasteiger partial charge in [0.05, 0.1) is 26.8 Å². The Morgan fingerprint density at radius 1 is 0.600 bits per heavy atom. The Labute approximate surface area is 285 Å². The Bertz CT molecular complexity index is 1590. The zero-order valence-electron chi connectivity index (χ0n) is 28.8. The van der Waals surface area contributed by atoms with Crippen LogP contribution in [0.2, 0.25) is 0 Å². The lowest BCUT2D eigenvalue weighted by atomic mass is 9.72. The highest BCUT2D eigenvalue weighted by Crippen LogP contribution is 2.40. The van der Waals surface area contributed by atoms with Crippen molar-refractivity contribution in [2.75, 3.05) is 0 Å². The van der Waals surface area contributed by atoms with Crippen molar-refractivity contribution < 1.29 is 9.47 Å². The molecule has 6 rings (SSSR count). The summed E-state index contributed by atoms with van der Waals surface area (Å²) < 4.78 is 13.8. The van der Waals surface area contributed by atoms with Gasteiger partial charge in [0.15, 0.2) is 0 Å². The Hall–Kier alpha value is -2.41. The topological polar surface area (TPSA) is 44.2 Å². The predicted molar refractivity (Wildman–Crippen MR) is 197 cm³/mol. The van der Waals surface area contributed by atoms with Crippen molar-refractivity contribution in [3.05, 3.63) is 69.6 Å². The van der Waals surface area contributed by atoms with Gasteiger partial charge in [0.1, 0.15) is 11.5 Å². The molecule has 0 bridgehead atoms. The first kappa shape index (κ1) is 33.9. The van der Waals surface area contributed by atoms with E-state index in [1.807, 2.05) is 13.8 Å². The molecule has 0 atom stereocenters. The molecule has 45 heavy (non-hydrogen) atoms. The minimum atomic E-state index is 0.359. The van der Waals surface area contributed by atoms with Crippen molar-refractivity contribution in [2.45, 2.75) is 119 Å². The first-order valence-corrected chi connectivity index (χ1v) is 18.1. The lowest BCUT2D eigenvalue weighted by Crippen LogP contribution is -2.30. The second kappa shape index (κ2) is 14.1. The molecule has 242 valence electrons. The average molecular weight is 721 g/mol. The molecule has 4 aromatic rings. The number of aryl methyl sites for hydroxylation is 2. The fourth-order valence-electron chi connectivity index (χ4n) is 7.09. The smallest absolute Gasteiger partial charge is 0.133 e. The molecular formula is C40H53IN2O2. The van der Waals surface area contributed by atoms with Gasteiger partial charge < -0.3 is 9.47 Å². The summed E-state index contributed by atoms with van der Waals surface area (Å²) in [5.74, 6) is 3.65. The molecule has 0 saturated heterocycles. The number of hydrogen-bond donors (Lipinski definition) is 0. The lowest BCUT2D eigenvalue weighted by molar-refractivity contribution is 0.0877. The molecule has 2 aliphatic rings. The van der Waals surface area contributed by atoms with E-state index in [0.717, 1.165) is 51.1 Å². The predicted octanol–water partition coefficient (Wildman–Crippen LogP) is 11.7. The van der Waals surface area contributed by atoms with Crippen LogP contribution in [0.25, 0.3) is 21.8 Å². The van der Waals surface area contributed by atoms with Crippen LogP contribution < -0.4 is 9.47 Å². The van der Waals surface area contributed by atoms with Crippen LogP contribution in [0, 0.1) is 40.1 Å². The van der Waals surface area contributed by atoms with E-state index >= 15 is 0 Å². The van der Waals surface area contributed by atoms with E-state index in [9.17, 15) is 0 Å². The number of ether oxygens (including phenoxy) is 2. The SMILES string of the molecule is Cc1ccc2c(I)c(OC3CCC(C(C)(C)C)CC3)ccc2n1.Cc1ccc2cc(OC3CCC(C(C)(C)C)CC3)ccc2n1. The van der Waals surface area contributed by atoms with Crippen LogP contribution in [0.3, 0.4) is 0 Å². The zero-order chi connectivity index (χ0) is 32.4. The highest BCUT2D eigenvalue weighted by molar-refractivity contribution is 14.1. The van der Waals surface area contributed by atoms with Crippen LogP contribution in [0.1, 0.15) is 104 Å². The van der Waals surface area contributed by atoms with E-state index in [4.69, 9.17) is 9.47 Å². The molecule has 2 aromatic heterocycles. The molecular weight excluding hydrogens is 667 g/mol. The Kier molecular flexibility index (Phi) is 10.7. The Morgan fingerprint density at radius 3 is 1.69 bits per heavy atom. The largest absolute Gasteiger partial charge is 0.490 e. The normalized spacial score (nSPS) is 22.5. The summed E-state index contributed by atoms with van der Waals surface area (Å²) >= 11 is 2.40. The molecule has 2 aromatic carbocycles. The van der Waals surface area contributed by atoms with E-state index in [-0.39, 0.29) is 0 Å². The van der Waals surface area contributed by atoms with Crippen LogP contribution in [-0.2, 0) is 0 Å². The van der Waals surface area contributed by atoms with Gasteiger partial charge in [-0.2, -0.15) is 0 Å². The van der Waals surface area contributed by atoms with E-state index in [1.165, 1.54) is 60.3 Å². The van der Waals surface area contributed by atoms with Crippen LogP contribution in [0.15, 0.2) is 54.6 Å². The van der Waals surface area contributed by atoms with Gasteiger partial charge in [0.2, 0.25) is 0 Å². The van der Waals surface area contributed by atoms with E-state index < -0.39 is 0 Å². The summed E-state index contributed by atoms with van der Waals surface area (Å²) in [5.41, 5.74) is 5.06. The molecule has 2 fully saturated rings. The van der Waals surface area contributed by atoms with Gasteiger partial charge >= 0.3 is 0 Å². The summed E-state index contributed by atoms with van der Waals surface area (Å²) in [6.07, 6.45) is 10.5. The van der Waals surface area contributed by atoms with Gasteiger partial charge in [-0.15, -0.1) is 0 Å².